The van der Waals surface area contributed by atoms with Crippen LogP contribution in [0.4, 0.5) is 13.2 Å². The summed E-state index contributed by atoms with van der Waals surface area (Å²) in [5.41, 5.74) is 19.2. The van der Waals surface area contributed by atoms with Crippen molar-refractivity contribution in [2.45, 2.75) is 63.2 Å². The van der Waals surface area contributed by atoms with Crippen LogP contribution in [0.5, 0.6) is 0 Å². The molecule has 4 amide bonds. The number of nitrogens with two attached hydrogens (primary N) is 3. The number of carboxylic acids is 1. The Balaban J connectivity index is 0.00000112. The van der Waals surface area contributed by atoms with E-state index in [1.165, 1.54) is 4.90 Å². The maximum Gasteiger partial charge on any atom is 0.490 e. The van der Waals surface area contributed by atoms with Crippen molar-refractivity contribution < 1.29 is 42.3 Å². The Labute approximate surface area is 287 Å². The van der Waals surface area contributed by atoms with Crippen LogP contribution in [0.15, 0.2) is 48.5 Å². The van der Waals surface area contributed by atoms with E-state index in [1.807, 2.05) is 0 Å². The second-order valence-electron chi connectivity index (χ2n) is 12.1. The van der Waals surface area contributed by atoms with Gasteiger partial charge in [0.1, 0.15) is 29.7 Å². The highest BCUT2D eigenvalue weighted by Crippen LogP contribution is 2.27. The predicted octanol–water partition coefficient (Wildman–Crippen LogP) is 1.41. The van der Waals surface area contributed by atoms with Gasteiger partial charge in [-0.25, -0.2) is 4.79 Å². The topological polar surface area (TPSA) is 259 Å². The third-order valence-corrected chi connectivity index (χ3v) is 8.04. The molecule has 0 radical (unpaired) electrons. The van der Waals surface area contributed by atoms with E-state index in [9.17, 15) is 32.3 Å². The number of carbonyl (C=O) groups excluding carboxylic acids is 4. The van der Waals surface area contributed by atoms with Crippen LogP contribution in [-0.2, 0) is 36.8 Å². The second kappa shape index (κ2) is 18.3. The first-order chi connectivity index (χ1) is 23.3. The standard InChI is InChI=1S/C31H42N8O4.C2HF3O2/c1-39(2)31(43)23(16-18-11-13-21(14-12-18)26(32)33)29(41)38-25(20-8-4-3-5-9-20)30(42)37-24(28(36)40)17-19-7-6-10-22(15-19)27(34)35;3-2(4,5)1(6)7/h6-7,10-15,20,23-25H,3-5,8-9,16-17H2,1-2H3,(H3,32,33)(H3,34,35)(H2,36,40)(H,37,42)(H,38,41);(H,6,7)/t23?,24?,25-;/m0./s1. The van der Waals surface area contributed by atoms with Gasteiger partial charge in [-0.05, 0) is 42.4 Å². The van der Waals surface area contributed by atoms with Gasteiger partial charge < -0.3 is 37.8 Å². The van der Waals surface area contributed by atoms with Gasteiger partial charge in [-0.3, -0.25) is 30.0 Å². The van der Waals surface area contributed by atoms with E-state index in [1.54, 1.807) is 62.6 Å². The van der Waals surface area contributed by atoms with Crippen LogP contribution < -0.4 is 27.8 Å². The number of amides is 4. The van der Waals surface area contributed by atoms with Gasteiger partial charge in [0.2, 0.25) is 23.6 Å². The minimum Gasteiger partial charge on any atom is -0.475 e. The highest BCUT2D eigenvalue weighted by atomic mass is 19.4. The number of alkyl halides is 3. The third kappa shape index (κ3) is 12.5. The summed E-state index contributed by atoms with van der Waals surface area (Å²) in [6, 6.07) is 11.5. The quantitative estimate of drug-likeness (QED) is 0.0857. The Hall–Kier alpha value is -5.48. The van der Waals surface area contributed by atoms with Gasteiger partial charge in [-0.2, -0.15) is 13.2 Å². The van der Waals surface area contributed by atoms with Crippen molar-refractivity contribution in [2.24, 2.45) is 29.0 Å². The lowest BCUT2D eigenvalue weighted by molar-refractivity contribution is -0.192. The molecule has 0 aliphatic heterocycles. The molecule has 3 rings (SSSR count). The number of rotatable bonds is 13. The van der Waals surface area contributed by atoms with Gasteiger partial charge in [0.15, 0.2) is 0 Å². The lowest BCUT2D eigenvalue weighted by Gasteiger charge is -2.32. The molecule has 1 fully saturated rings. The van der Waals surface area contributed by atoms with E-state index in [0.717, 1.165) is 19.3 Å². The molecular formula is C33H43F3N8O6. The SMILES string of the molecule is CN(C)C(=O)C(Cc1ccc(C(=N)N)cc1)C(=O)N[C@H](C(=O)NC(Cc1cccc(C(=N)N)c1)C(N)=O)C1CCCCC1.O=C(O)C(F)(F)F. The van der Waals surface area contributed by atoms with Crippen LogP contribution in [0.1, 0.15) is 54.4 Å². The molecule has 0 spiro atoms. The zero-order valence-corrected chi connectivity index (χ0v) is 27.7. The molecule has 1 saturated carbocycles. The van der Waals surface area contributed by atoms with Crippen LogP contribution in [-0.4, -0.2) is 83.6 Å². The number of primary amides is 1. The summed E-state index contributed by atoms with van der Waals surface area (Å²) < 4.78 is 31.7. The number of carboxylic acid groups (broad SMARTS) is 1. The van der Waals surface area contributed by atoms with Crippen LogP contribution >= 0.6 is 0 Å². The molecule has 0 heterocycles. The highest BCUT2D eigenvalue weighted by molar-refractivity contribution is 6.02. The number of benzene rings is 2. The molecule has 1 aliphatic rings. The second-order valence-corrected chi connectivity index (χ2v) is 12.1. The molecule has 1 aliphatic carbocycles. The van der Waals surface area contributed by atoms with E-state index < -0.39 is 53.8 Å². The lowest BCUT2D eigenvalue weighted by atomic mass is 9.83. The molecule has 2 unspecified atom stereocenters. The van der Waals surface area contributed by atoms with Crippen LogP contribution in [0.3, 0.4) is 0 Å². The first-order valence-corrected chi connectivity index (χ1v) is 15.6. The number of nitrogen functional groups attached to an aromatic ring is 2. The van der Waals surface area contributed by atoms with Crippen LogP contribution in [0.25, 0.3) is 0 Å². The van der Waals surface area contributed by atoms with Gasteiger partial charge in [-0.1, -0.05) is 61.7 Å². The predicted molar refractivity (Wildman–Crippen MR) is 178 cm³/mol. The Kier molecular flexibility index (Phi) is 14.9. The van der Waals surface area contributed by atoms with Crippen molar-refractivity contribution in [3.8, 4) is 0 Å². The monoisotopic (exact) mass is 704 g/mol. The minimum absolute atomic E-state index is 0.0749. The van der Waals surface area contributed by atoms with E-state index >= 15 is 0 Å². The van der Waals surface area contributed by atoms with E-state index in [4.69, 9.17) is 37.9 Å². The summed E-state index contributed by atoms with van der Waals surface area (Å²) in [6.07, 6.45) is -0.707. The fraction of sp³-hybridized carbons (Fsp3) is 0.424. The Bertz CT molecular complexity index is 1560. The number of hydrogen-bond donors (Lipinski definition) is 8. The highest BCUT2D eigenvalue weighted by Gasteiger charge is 2.38. The molecule has 2 aromatic rings. The Morgan fingerprint density at radius 1 is 0.840 bits per heavy atom. The molecular weight excluding hydrogens is 661 g/mol. The smallest absolute Gasteiger partial charge is 0.475 e. The maximum absolute atomic E-state index is 13.7. The van der Waals surface area contributed by atoms with Gasteiger partial charge in [0, 0.05) is 31.6 Å². The molecule has 50 heavy (non-hydrogen) atoms. The molecule has 14 nitrogen and oxygen atoms in total. The Morgan fingerprint density at radius 3 is 1.88 bits per heavy atom. The van der Waals surface area contributed by atoms with Crippen molar-refractivity contribution in [1.82, 2.24) is 15.5 Å². The average Bonchev–Trinajstić information content (AvgIpc) is 3.05. The molecule has 11 N–H and O–H groups in total. The molecule has 2 aromatic carbocycles. The molecule has 17 heteroatoms. The average molecular weight is 705 g/mol. The summed E-state index contributed by atoms with van der Waals surface area (Å²) in [7, 11) is 3.12. The number of carbonyl (C=O) groups is 5. The number of hydrogen-bond acceptors (Lipinski definition) is 7. The summed E-state index contributed by atoms with van der Waals surface area (Å²) in [6.45, 7) is 0. The maximum atomic E-state index is 13.7. The van der Waals surface area contributed by atoms with E-state index in [-0.39, 0.29) is 30.4 Å². The largest absolute Gasteiger partial charge is 0.490 e. The fourth-order valence-electron chi connectivity index (χ4n) is 5.36. The summed E-state index contributed by atoms with van der Waals surface area (Å²) in [5.74, 6) is -6.58. The zero-order chi connectivity index (χ0) is 37.8. The molecule has 0 aromatic heterocycles. The minimum atomic E-state index is -5.08. The first-order valence-electron chi connectivity index (χ1n) is 15.6. The van der Waals surface area contributed by atoms with Crippen molar-refractivity contribution in [1.29, 1.82) is 10.8 Å². The molecule has 0 bridgehead atoms. The fourth-order valence-corrected chi connectivity index (χ4v) is 5.36. The van der Waals surface area contributed by atoms with Crippen LogP contribution in [0.2, 0.25) is 0 Å². The number of nitrogens with zero attached hydrogens (tertiary/aromatic N) is 1. The van der Waals surface area contributed by atoms with E-state index in [0.29, 0.717) is 35.1 Å². The molecule has 0 saturated heterocycles. The van der Waals surface area contributed by atoms with Gasteiger partial charge in [0.05, 0.1) is 0 Å². The van der Waals surface area contributed by atoms with Crippen LogP contribution in [0, 0.1) is 22.7 Å². The first kappa shape index (κ1) is 40.7. The lowest BCUT2D eigenvalue weighted by Crippen LogP contribution is -2.58. The molecule has 3 atom stereocenters. The summed E-state index contributed by atoms with van der Waals surface area (Å²) in [4.78, 5) is 63.2. The normalized spacial score (nSPS) is 14.8. The molecule has 272 valence electrons. The van der Waals surface area contributed by atoms with Gasteiger partial charge in [0.25, 0.3) is 0 Å². The van der Waals surface area contributed by atoms with Crippen molar-refractivity contribution in [2.75, 3.05) is 14.1 Å². The Morgan fingerprint density at radius 2 is 1.40 bits per heavy atom. The van der Waals surface area contributed by atoms with Gasteiger partial charge >= 0.3 is 12.1 Å². The summed E-state index contributed by atoms with van der Waals surface area (Å²) in [5, 5.41) is 28.0. The third-order valence-electron chi connectivity index (χ3n) is 8.04. The number of nitrogens with one attached hydrogen (secondary N) is 4. The number of aliphatic carboxylic acids is 1. The number of halogens is 3. The van der Waals surface area contributed by atoms with Gasteiger partial charge in [-0.15, -0.1) is 0 Å². The summed E-state index contributed by atoms with van der Waals surface area (Å²) >= 11 is 0. The van der Waals surface area contributed by atoms with Crippen molar-refractivity contribution in [3.05, 3.63) is 70.8 Å². The van der Waals surface area contributed by atoms with Crippen molar-refractivity contribution >= 4 is 41.3 Å². The van der Waals surface area contributed by atoms with E-state index in [2.05, 4.69) is 10.6 Å². The number of amidine groups is 2. The van der Waals surface area contributed by atoms with Crippen molar-refractivity contribution in [3.63, 3.8) is 0 Å². The zero-order valence-electron chi connectivity index (χ0n) is 27.7.